The van der Waals surface area contributed by atoms with E-state index in [0.717, 1.165) is 62.9 Å². The van der Waals surface area contributed by atoms with Crippen LogP contribution in [0, 0.1) is 0 Å². The summed E-state index contributed by atoms with van der Waals surface area (Å²) in [5.41, 5.74) is 0. The molecule has 0 atom stereocenters. The second-order valence-electron chi connectivity index (χ2n) is 17.2. The van der Waals surface area contributed by atoms with Crippen LogP contribution in [0.1, 0.15) is 285 Å². The van der Waals surface area contributed by atoms with E-state index in [2.05, 4.69) is 27.7 Å². The SMILES string of the molecule is CCCCCCCCCCCCOP(O)(=S)OCCCCCCCCCCCC.CCCCCCCCCCCCS(CCCCCCCCCCCC)=P(O)(O)O. The van der Waals surface area contributed by atoms with Crippen molar-refractivity contribution in [1.29, 1.82) is 0 Å². The topological polar surface area (TPSA) is 99.4 Å². The first-order chi connectivity index (χ1) is 28.1. The van der Waals surface area contributed by atoms with Gasteiger partial charge in [-0.25, -0.2) is 0 Å². The fourth-order valence-electron chi connectivity index (χ4n) is 7.44. The van der Waals surface area contributed by atoms with Gasteiger partial charge in [0.1, 0.15) is 0 Å². The molecule has 0 unspecified atom stereocenters. The van der Waals surface area contributed by atoms with Crippen LogP contribution in [0.3, 0.4) is 0 Å². The lowest BCUT2D eigenvalue weighted by molar-refractivity contribution is 0.190. The Morgan fingerprint density at radius 1 is 0.310 bits per heavy atom. The zero-order chi connectivity index (χ0) is 43.1. The maximum absolute atomic E-state index is 10.1. The van der Waals surface area contributed by atoms with Gasteiger partial charge in [-0.15, -0.1) is 10.1 Å². The van der Waals surface area contributed by atoms with E-state index in [0.29, 0.717) is 13.2 Å². The minimum absolute atomic E-state index is 0.530. The van der Waals surface area contributed by atoms with Crippen molar-refractivity contribution in [3.8, 4) is 0 Å². The Hall–Kier alpha value is 1.19. The van der Waals surface area contributed by atoms with E-state index < -0.39 is 23.5 Å². The number of hydrogen-bond donors (Lipinski definition) is 4. The van der Waals surface area contributed by atoms with Gasteiger partial charge in [0.05, 0.1) is 13.2 Å². The molecule has 0 heterocycles. The molecule has 0 aliphatic rings. The van der Waals surface area contributed by atoms with Gasteiger partial charge in [0.2, 0.25) is 0 Å². The Morgan fingerprint density at radius 2 is 0.500 bits per heavy atom. The highest BCUT2D eigenvalue weighted by Crippen LogP contribution is 2.44. The molecule has 0 spiro atoms. The van der Waals surface area contributed by atoms with Gasteiger partial charge in [0, 0.05) is 0 Å². The zero-order valence-electron chi connectivity index (χ0n) is 39.4. The van der Waals surface area contributed by atoms with Crippen molar-refractivity contribution >= 4 is 35.3 Å². The van der Waals surface area contributed by atoms with Crippen LogP contribution in [0.2, 0.25) is 0 Å². The van der Waals surface area contributed by atoms with Crippen molar-refractivity contribution < 1.29 is 28.6 Å². The van der Waals surface area contributed by atoms with Gasteiger partial charge < -0.3 is 28.6 Å². The highest BCUT2D eigenvalue weighted by Gasteiger charge is 2.14. The molecule has 354 valence electrons. The summed E-state index contributed by atoms with van der Waals surface area (Å²) >= 11 is 5.11. The molecule has 0 aromatic carbocycles. The average Bonchev–Trinajstić information content (AvgIpc) is 3.19. The first kappa shape index (κ1) is 61.3. The van der Waals surface area contributed by atoms with Gasteiger partial charge in [-0.1, -0.05) is 259 Å². The molecule has 0 aromatic rings. The molecule has 0 fully saturated rings. The van der Waals surface area contributed by atoms with Crippen LogP contribution in [-0.4, -0.2) is 44.3 Å². The Kier molecular flexibility index (Phi) is 52.0. The van der Waals surface area contributed by atoms with Gasteiger partial charge in [-0.3, -0.25) is 0 Å². The minimum atomic E-state index is -3.65. The second kappa shape index (κ2) is 49.2. The predicted octanol–water partition coefficient (Wildman–Crippen LogP) is 17.2. The molecule has 0 saturated heterocycles. The molecule has 0 rings (SSSR count). The minimum Gasteiger partial charge on any atom is -0.329 e. The smallest absolute Gasteiger partial charge is 0.324 e. The standard InChI is InChI=1S/C24H53O3PS.C24H51O3PS/c1-3-5-7-9-11-13-15-17-19-21-23-29(28(25,26)27)24-22-20-18-16-14-12-10-8-6-4-2;1-3-5-7-9-11-13-15-17-19-21-23-26-28(25,29)27-24-22-20-18-16-14-12-10-8-6-4-2/h25-27H,3-24H2,1-2H3;3-24H2,1-2H3,(H,25,29). The van der Waals surface area contributed by atoms with Crippen molar-refractivity contribution in [2.45, 2.75) is 285 Å². The molecule has 0 bridgehead atoms. The molecule has 6 nitrogen and oxygen atoms in total. The van der Waals surface area contributed by atoms with Crippen molar-refractivity contribution in [3.05, 3.63) is 0 Å². The molecule has 0 radical (unpaired) electrons. The Bertz CT molecular complexity index is 839. The zero-order valence-corrected chi connectivity index (χ0v) is 42.9. The van der Waals surface area contributed by atoms with Crippen LogP contribution < -0.4 is 0 Å². The third-order valence-corrected chi connectivity index (χ3v) is 18.4. The van der Waals surface area contributed by atoms with Crippen molar-refractivity contribution in [2.75, 3.05) is 24.7 Å². The average molecular weight is 903 g/mol. The summed E-state index contributed by atoms with van der Waals surface area (Å²) in [7, 11) is -0.589. The van der Waals surface area contributed by atoms with Gasteiger partial charge in [0.25, 0.3) is 6.72 Å². The van der Waals surface area contributed by atoms with E-state index in [4.69, 9.17) is 20.9 Å². The Balaban J connectivity index is 0. The van der Waals surface area contributed by atoms with Crippen LogP contribution in [0.25, 0.3) is 0 Å². The highest BCUT2D eigenvalue weighted by molar-refractivity contribution is 8.27. The van der Waals surface area contributed by atoms with Crippen LogP contribution >= 0.6 is 13.4 Å². The summed E-state index contributed by atoms with van der Waals surface area (Å²) in [4.78, 5) is 39.5. The summed E-state index contributed by atoms with van der Waals surface area (Å²) in [6.07, 6.45) is 51.6. The predicted molar refractivity (Wildman–Crippen MR) is 266 cm³/mol. The van der Waals surface area contributed by atoms with Gasteiger partial charge in [-0.05, 0) is 49.0 Å². The third-order valence-electron chi connectivity index (χ3n) is 11.3. The summed E-state index contributed by atoms with van der Waals surface area (Å²) in [5.74, 6) is 1.59. The summed E-state index contributed by atoms with van der Waals surface area (Å²) in [6.45, 7) is 3.43. The van der Waals surface area contributed by atoms with Crippen molar-refractivity contribution in [2.24, 2.45) is 0 Å². The summed E-state index contributed by atoms with van der Waals surface area (Å²) < 4.78 is 10.9. The molecular weight excluding hydrogens is 799 g/mol. The lowest BCUT2D eigenvalue weighted by Gasteiger charge is -2.15. The maximum Gasteiger partial charge on any atom is 0.324 e. The molecule has 4 N–H and O–H groups in total. The third kappa shape index (κ3) is 51.5. The fraction of sp³-hybridized carbons (Fsp3) is 1.00. The molecule has 58 heavy (non-hydrogen) atoms. The molecule has 0 aliphatic carbocycles. The monoisotopic (exact) mass is 903 g/mol. The van der Waals surface area contributed by atoms with Gasteiger partial charge >= 0.3 is 6.72 Å². The molecule has 0 aromatic heterocycles. The fourth-order valence-corrected chi connectivity index (χ4v) is 12.7. The molecule has 0 amide bonds. The van der Waals surface area contributed by atoms with E-state index in [9.17, 15) is 19.6 Å². The number of unbranched alkanes of at least 4 members (excludes halogenated alkanes) is 36. The molecule has 10 heteroatoms. The number of hydrogen-bond acceptors (Lipinski definition) is 3. The summed E-state index contributed by atoms with van der Waals surface area (Å²) in [6, 6.07) is 0. The van der Waals surface area contributed by atoms with E-state index in [1.54, 1.807) is 0 Å². The van der Waals surface area contributed by atoms with Crippen LogP contribution in [0.15, 0.2) is 0 Å². The molecular formula is C48H104O6P2S2. The van der Waals surface area contributed by atoms with Gasteiger partial charge in [0.15, 0.2) is 0 Å². The van der Waals surface area contributed by atoms with E-state index >= 15 is 0 Å². The van der Waals surface area contributed by atoms with E-state index in [-0.39, 0.29) is 0 Å². The van der Waals surface area contributed by atoms with E-state index in [1.165, 1.54) is 205 Å². The van der Waals surface area contributed by atoms with Crippen LogP contribution in [0.4, 0.5) is 0 Å². The maximum atomic E-state index is 10.1. The first-order valence-corrected chi connectivity index (χ1v) is 31.9. The van der Waals surface area contributed by atoms with Crippen molar-refractivity contribution in [3.63, 3.8) is 0 Å². The quantitative estimate of drug-likeness (QED) is 0.0357. The normalized spacial score (nSPS) is 12.1. The Morgan fingerprint density at radius 3 is 0.707 bits per heavy atom. The molecule has 0 saturated carbocycles. The summed E-state index contributed by atoms with van der Waals surface area (Å²) in [5, 5.41) is 0. The number of rotatable bonds is 46. The van der Waals surface area contributed by atoms with Gasteiger partial charge in [-0.2, -0.15) is 0 Å². The Labute approximate surface area is 371 Å². The van der Waals surface area contributed by atoms with Crippen molar-refractivity contribution in [1.82, 2.24) is 0 Å². The lowest BCUT2D eigenvalue weighted by atomic mass is 10.1. The van der Waals surface area contributed by atoms with Crippen LogP contribution in [0.5, 0.6) is 0 Å². The highest BCUT2D eigenvalue weighted by atomic mass is 32.5. The molecule has 0 aliphatic heterocycles. The second-order valence-corrected chi connectivity index (χ2v) is 25.9. The largest absolute Gasteiger partial charge is 0.329 e. The van der Waals surface area contributed by atoms with Crippen LogP contribution in [-0.2, 0) is 30.9 Å². The van der Waals surface area contributed by atoms with E-state index in [1.807, 2.05) is 0 Å². The first-order valence-electron chi connectivity index (χ1n) is 25.5. The lowest BCUT2D eigenvalue weighted by Crippen LogP contribution is -2.06.